The first-order chi connectivity index (χ1) is 27.3. The Bertz CT molecular complexity index is 2880. The van der Waals surface area contributed by atoms with Gasteiger partial charge in [-0.05, 0) is 85.0 Å². The number of benzene rings is 8. The van der Waals surface area contributed by atoms with E-state index < -0.39 is 5.41 Å². The van der Waals surface area contributed by atoms with Gasteiger partial charge in [-0.25, -0.2) is 9.97 Å². The summed E-state index contributed by atoms with van der Waals surface area (Å²) in [4.78, 5) is 10.5. The average molecular weight is 699 g/mol. The second kappa shape index (κ2) is 12.5. The van der Waals surface area contributed by atoms with Gasteiger partial charge in [0.1, 0.15) is 0 Å². The third-order valence-electron chi connectivity index (χ3n) is 11.5. The number of hydrogen-bond donors (Lipinski definition) is 0. The summed E-state index contributed by atoms with van der Waals surface area (Å²) in [5.74, 6) is 0.704. The zero-order valence-corrected chi connectivity index (χ0v) is 30.0. The highest BCUT2D eigenvalue weighted by Gasteiger charge is 2.49. The van der Waals surface area contributed by atoms with Crippen molar-refractivity contribution < 1.29 is 0 Å². The molecule has 1 spiro atoms. The molecule has 0 fully saturated rings. The van der Waals surface area contributed by atoms with E-state index in [2.05, 4.69) is 200 Å². The lowest BCUT2D eigenvalue weighted by Gasteiger charge is -2.35. The molecule has 0 N–H and O–H groups in total. The van der Waals surface area contributed by atoms with Gasteiger partial charge in [0, 0.05) is 16.7 Å². The van der Waals surface area contributed by atoms with Gasteiger partial charge in [0.25, 0.3) is 0 Å². The van der Waals surface area contributed by atoms with E-state index >= 15 is 0 Å². The predicted molar refractivity (Wildman–Crippen MR) is 226 cm³/mol. The summed E-state index contributed by atoms with van der Waals surface area (Å²) >= 11 is 0. The first-order valence-electron chi connectivity index (χ1n) is 18.9. The van der Waals surface area contributed by atoms with Gasteiger partial charge in [0.15, 0.2) is 5.82 Å². The Morgan fingerprint density at radius 3 is 1.25 bits per heavy atom. The zero-order valence-electron chi connectivity index (χ0n) is 30.0. The molecular weight excluding hydrogens is 665 g/mol. The van der Waals surface area contributed by atoms with Gasteiger partial charge in [-0.3, -0.25) is 0 Å². The summed E-state index contributed by atoms with van der Waals surface area (Å²) in [5.41, 5.74) is 19.3. The number of rotatable bonds is 4. The first-order valence-corrected chi connectivity index (χ1v) is 18.9. The van der Waals surface area contributed by atoms with E-state index in [1.807, 2.05) is 6.07 Å². The highest BCUT2D eigenvalue weighted by molar-refractivity contribution is 5.98. The molecule has 0 saturated carbocycles. The molecule has 55 heavy (non-hydrogen) atoms. The van der Waals surface area contributed by atoms with Crippen LogP contribution in [0, 0.1) is 0 Å². The Kier molecular flexibility index (Phi) is 7.11. The van der Waals surface area contributed by atoms with Gasteiger partial charge in [0.05, 0.1) is 16.8 Å². The van der Waals surface area contributed by atoms with Crippen LogP contribution in [0.1, 0.15) is 22.3 Å². The maximum absolute atomic E-state index is 5.33. The summed E-state index contributed by atoms with van der Waals surface area (Å²) < 4.78 is 0. The average Bonchev–Trinajstić information content (AvgIpc) is 3.52. The van der Waals surface area contributed by atoms with E-state index in [-0.39, 0.29) is 0 Å². The lowest BCUT2D eigenvalue weighted by molar-refractivity contribution is 0.775. The summed E-state index contributed by atoms with van der Waals surface area (Å²) in [6.07, 6.45) is 0. The van der Waals surface area contributed by atoms with E-state index in [1.54, 1.807) is 0 Å². The molecule has 9 aromatic rings. The van der Waals surface area contributed by atoms with Crippen molar-refractivity contribution in [1.29, 1.82) is 0 Å². The molecule has 0 radical (unpaired) electrons. The third-order valence-corrected chi connectivity index (χ3v) is 11.5. The molecule has 2 nitrogen and oxygen atoms in total. The summed E-state index contributed by atoms with van der Waals surface area (Å²) in [7, 11) is 0. The molecule has 256 valence electrons. The minimum atomic E-state index is -0.559. The standard InChI is InChI=1S/C53H34N2/c1-3-16-35(17-4-1)37-20-15-21-38(32-37)50-34-51(55-52(54-50)36-18-5-2-6-19-36)39-30-31-45-41-23-8-7-22-40(41)42-24-9-12-27-46(42)53(49(45)33-39)47-28-13-10-25-43(47)44-26-11-14-29-48(44)53/h1-34H. The largest absolute Gasteiger partial charge is 0.228 e. The number of nitrogens with zero attached hydrogens (tertiary/aromatic N) is 2. The highest BCUT2D eigenvalue weighted by atomic mass is 14.9. The maximum Gasteiger partial charge on any atom is 0.160 e. The topological polar surface area (TPSA) is 25.8 Å². The van der Waals surface area contributed by atoms with E-state index in [1.165, 1.54) is 61.2 Å². The summed E-state index contributed by atoms with van der Waals surface area (Å²) in [6, 6.07) is 74.7. The molecule has 0 saturated heterocycles. The minimum absolute atomic E-state index is 0.559. The molecule has 0 unspecified atom stereocenters. The van der Waals surface area contributed by atoms with Gasteiger partial charge in [-0.1, -0.05) is 188 Å². The first kappa shape index (κ1) is 31.4. The highest BCUT2D eigenvalue weighted by Crippen LogP contribution is 2.61. The van der Waals surface area contributed by atoms with Crippen LogP contribution in [0.25, 0.3) is 78.4 Å². The van der Waals surface area contributed by atoms with Crippen LogP contribution in [-0.2, 0) is 5.41 Å². The Morgan fingerprint density at radius 2 is 0.673 bits per heavy atom. The fourth-order valence-corrected chi connectivity index (χ4v) is 9.16. The van der Waals surface area contributed by atoms with E-state index in [0.717, 1.165) is 33.6 Å². The molecule has 0 atom stereocenters. The van der Waals surface area contributed by atoms with Crippen molar-refractivity contribution in [3.8, 4) is 78.4 Å². The van der Waals surface area contributed by atoms with Gasteiger partial charge < -0.3 is 0 Å². The molecule has 0 aliphatic heterocycles. The fraction of sp³-hybridized carbons (Fsp3) is 0.0189. The summed E-state index contributed by atoms with van der Waals surface area (Å²) in [5, 5.41) is 0. The van der Waals surface area contributed by atoms with E-state index in [0.29, 0.717) is 5.82 Å². The Balaban J connectivity index is 1.20. The molecular formula is C53H34N2. The van der Waals surface area contributed by atoms with Crippen molar-refractivity contribution in [2.45, 2.75) is 5.41 Å². The lowest BCUT2D eigenvalue weighted by Crippen LogP contribution is -2.29. The number of aromatic nitrogens is 2. The van der Waals surface area contributed by atoms with Crippen LogP contribution < -0.4 is 0 Å². The fourth-order valence-electron chi connectivity index (χ4n) is 9.16. The molecule has 1 aromatic heterocycles. The van der Waals surface area contributed by atoms with Crippen molar-refractivity contribution in [3.05, 3.63) is 229 Å². The number of hydrogen-bond acceptors (Lipinski definition) is 2. The maximum atomic E-state index is 5.33. The third kappa shape index (κ3) is 4.82. The van der Waals surface area contributed by atoms with Gasteiger partial charge >= 0.3 is 0 Å². The monoisotopic (exact) mass is 698 g/mol. The van der Waals surface area contributed by atoms with Gasteiger partial charge in [-0.15, -0.1) is 0 Å². The van der Waals surface area contributed by atoms with Crippen LogP contribution in [0.3, 0.4) is 0 Å². The minimum Gasteiger partial charge on any atom is -0.228 e. The van der Waals surface area contributed by atoms with Gasteiger partial charge in [-0.2, -0.15) is 0 Å². The SMILES string of the molecule is c1ccc(-c2cccc(-c3cc(-c4ccc5c(c4)C4(c6ccccc6-c6ccccc6-5)c5ccccc5-c5ccccc54)nc(-c4ccccc4)n3)c2)cc1. The van der Waals surface area contributed by atoms with Crippen molar-refractivity contribution in [3.63, 3.8) is 0 Å². The smallest absolute Gasteiger partial charge is 0.160 e. The van der Waals surface area contributed by atoms with Crippen LogP contribution in [-0.4, -0.2) is 9.97 Å². The molecule has 2 aliphatic rings. The van der Waals surface area contributed by atoms with Crippen molar-refractivity contribution in [1.82, 2.24) is 9.97 Å². The van der Waals surface area contributed by atoms with Crippen LogP contribution in [0.4, 0.5) is 0 Å². The van der Waals surface area contributed by atoms with E-state index in [4.69, 9.17) is 9.97 Å². The van der Waals surface area contributed by atoms with Crippen LogP contribution in [0.5, 0.6) is 0 Å². The molecule has 2 heteroatoms. The van der Waals surface area contributed by atoms with Crippen molar-refractivity contribution >= 4 is 0 Å². The second-order valence-electron chi connectivity index (χ2n) is 14.5. The molecule has 0 bridgehead atoms. The number of fused-ring (bicyclic) bond motifs is 12. The zero-order chi connectivity index (χ0) is 36.3. The Labute approximate surface area is 321 Å². The normalized spacial score (nSPS) is 12.9. The van der Waals surface area contributed by atoms with Gasteiger partial charge in [0.2, 0.25) is 0 Å². The van der Waals surface area contributed by atoms with Crippen LogP contribution in [0.15, 0.2) is 206 Å². The van der Waals surface area contributed by atoms with Crippen molar-refractivity contribution in [2.24, 2.45) is 0 Å². The van der Waals surface area contributed by atoms with E-state index in [9.17, 15) is 0 Å². The second-order valence-corrected chi connectivity index (χ2v) is 14.5. The molecule has 11 rings (SSSR count). The molecule has 8 aromatic carbocycles. The molecule has 0 amide bonds. The predicted octanol–water partition coefficient (Wildman–Crippen LogP) is 13.2. The van der Waals surface area contributed by atoms with Crippen molar-refractivity contribution in [2.75, 3.05) is 0 Å². The lowest BCUT2D eigenvalue weighted by atomic mass is 9.65. The Morgan fingerprint density at radius 1 is 0.255 bits per heavy atom. The molecule has 2 aliphatic carbocycles. The Hall–Kier alpha value is -7.16. The quantitative estimate of drug-likeness (QED) is 0.183. The van der Waals surface area contributed by atoms with Crippen LogP contribution >= 0.6 is 0 Å². The molecule has 1 heterocycles. The summed E-state index contributed by atoms with van der Waals surface area (Å²) in [6.45, 7) is 0. The van der Waals surface area contributed by atoms with Crippen LogP contribution in [0.2, 0.25) is 0 Å².